The van der Waals surface area contributed by atoms with Crippen LogP contribution < -0.4 is 5.73 Å². The van der Waals surface area contributed by atoms with Gasteiger partial charge in [0.15, 0.2) is 0 Å². The molecule has 1 aliphatic heterocycles. The van der Waals surface area contributed by atoms with E-state index < -0.39 is 0 Å². The molecule has 3 nitrogen and oxygen atoms in total. The van der Waals surface area contributed by atoms with Gasteiger partial charge in [-0.15, -0.1) is 0 Å². The van der Waals surface area contributed by atoms with Crippen LogP contribution in [-0.2, 0) is 4.79 Å². The number of carbonyl (C=O) groups is 1. The number of nitrogens with two attached hydrogens (primary N) is 1. The van der Waals surface area contributed by atoms with E-state index in [1.165, 1.54) is 6.42 Å². The van der Waals surface area contributed by atoms with Crippen molar-refractivity contribution in [1.82, 2.24) is 4.90 Å². The van der Waals surface area contributed by atoms with Gasteiger partial charge in [-0.2, -0.15) is 0 Å². The Hall–Kier alpha value is -0.570. The zero-order valence-corrected chi connectivity index (χ0v) is 7.21. The number of hydrogen-bond donors (Lipinski definition) is 1. The third kappa shape index (κ3) is 1.93. The van der Waals surface area contributed by atoms with Gasteiger partial charge >= 0.3 is 0 Å². The zero-order valence-electron chi connectivity index (χ0n) is 7.21. The van der Waals surface area contributed by atoms with E-state index in [0.717, 1.165) is 6.54 Å². The van der Waals surface area contributed by atoms with Crippen LogP contribution in [0.15, 0.2) is 0 Å². The molecule has 11 heavy (non-hydrogen) atoms. The molecule has 1 fully saturated rings. The summed E-state index contributed by atoms with van der Waals surface area (Å²) in [6.07, 6.45) is 1.74. The molecule has 0 aliphatic carbocycles. The number of likely N-dealkylation sites (tertiary alicyclic amines) is 1. The summed E-state index contributed by atoms with van der Waals surface area (Å²) in [6.45, 7) is 5.19. The second-order valence-electron chi connectivity index (χ2n) is 3.39. The Labute approximate surface area is 67.5 Å². The standard InChI is InChI=1S/C8H16N2O/c1-6-5-7(2)10(6)4-3-8(9)11/h6-7H,3-5H2,1-2H3,(H2,9,11). The summed E-state index contributed by atoms with van der Waals surface area (Å²) in [5.41, 5.74) is 5.04. The molecule has 0 spiro atoms. The molecule has 0 radical (unpaired) electrons. The fourth-order valence-electron chi connectivity index (χ4n) is 1.74. The van der Waals surface area contributed by atoms with Crippen LogP contribution in [0.3, 0.4) is 0 Å². The van der Waals surface area contributed by atoms with Crippen molar-refractivity contribution < 1.29 is 4.79 Å². The number of amides is 1. The van der Waals surface area contributed by atoms with Gasteiger partial charge in [0.05, 0.1) is 0 Å². The summed E-state index contributed by atoms with van der Waals surface area (Å²) in [5.74, 6) is -0.198. The fraction of sp³-hybridized carbons (Fsp3) is 0.875. The summed E-state index contributed by atoms with van der Waals surface area (Å²) in [6, 6.07) is 1.29. The minimum Gasteiger partial charge on any atom is -0.370 e. The first-order valence-corrected chi connectivity index (χ1v) is 4.15. The highest BCUT2D eigenvalue weighted by atomic mass is 16.1. The van der Waals surface area contributed by atoms with E-state index in [2.05, 4.69) is 18.7 Å². The zero-order chi connectivity index (χ0) is 8.43. The van der Waals surface area contributed by atoms with Gasteiger partial charge < -0.3 is 5.73 Å². The number of primary amides is 1. The van der Waals surface area contributed by atoms with E-state index >= 15 is 0 Å². The molecule has 64 valence electrons. The number of rotatable bonds is 3. The molecule has 1 saturated heterocycles. The molecule has 0 saturated carbocycles. The van der Waals surface area contributed by atoms with Gasteiger partial charge in [-0.05, 0) is 20.3 Å². The summed E-state index contributed by atoms with van der Waals surface area (Å²) in [5, 5.41) is 0. The third-order valence-electron chi connectivity index (χ3n) is 2.43. The second-order valence-corrected chi connectivity index (χ2v) is 3.39. The predicted molar refractivity (Wildman–Crippen MR) is 44.1 cm³/mol. The van der Waals surface area contributed by atoms with Crippen LogP contribution in [0.5, 0.6) is 0 Å². The van der Waals surface area contributed by atoms with Gasteiger partial charge in [0, 0.05) is 25.0 Å². The van der Waals surface area contributed by atoms with E-state index in [4.69, 9.17) is 5.73 Å². The largest absolute Gasteiger partial charge is 0.370 e. The van der Waals surface area contributed by atoms with Crippen molar-refractivity contribution in [3.05, 3.63) is 0 Å². The number of nitrogens with zero attached hydrogens (tertiary/aromatic N) is 1. The summed E-state index contributed by atoms with van der Waals surface area (Å²) < 4.78 is 0. The van der Waals surface area contributed by atoms with Crippen LogP contribution >= 0.6 is 0 Å². The Morgan fingerprint density at radius 1 is 1.55 bits per heavy atom. The average Bonchev–Trinajstić information content (AvgIpc) is 1.86. The van der Waals surface area contributed by atoms with Crippen molar-refractivity contribution in [2.45, 2.75) is 38.8 Å². The molecule has 1 amide bonds. The SMILES string of the molecule is CC1CC(C)N1CCC(N)=O. The Balaban J connectivity index is 2.20. The molecular formula is C8H16N2O. The van der Waals surface area contributed by atoms with E-state index in [-0.39, 0.29) is 5.91 Å². The van der Waals surface area contributed by atoms with Crippen molar-refractivity contribution in [1.29, 1.82) is 0 Å². The fourth-order valence-corrected chi connectivity index (χ4v) is 1.74. The van der Waals surface area contributed by atoms with E-state index in [9.17, 15) is 4.79 Å². The maximum Gasteiger partial charge on any atom is 0.218 e. The molecular weight excluding hydrogens is 140 g/mol. The summed E-state index contributed by atoms with van der Waals surface area (Å²) in [4.78, 5) is 12.8. The Morgan fingerprint density at radius 3 is 2.45 bits per heavy atom. The minimum absolute atomic E-state index is 0.198. The van der Waals surface area contributed by atoms with E-state index in [0.29, 0.717) is 18.5 Å². The van der Waals surface area contributed by atoms with Gasteiger partial charge in [-0.3, -0.25) is 9.69 Å². The quantitative estimate of drug-likeness (QED) is 0.640. The lowest BCUT2D eigenvalue weighted by Crippen LogP contribution is -2.53. The Morgan fingerprint density at radius 2 is 2.09 bits per heavy atom. The van der Waals surface area contributed by atoms with Crippen LogP contribution in [0.2, 0.25) is 0 Å². The topological polar surface area (TPSA) is 46.3 Å². The number of hydrogen-bond acceptors (Lipinski definition) is 2. The van der Waals surface area contributed by atoms with E-state index in [1.54, 1.807) is 0 Å². The van der Waals surface area contributed by atoms with Crippen LogP contribution in [-0.4, -0.2) is 29.4 Å². The maximum atomic E-state index is 10.5. The van der Waals surface area contributed by atoms with Crippen molar-refractivity contribution in [2.75, 3.05) is 6.54 Å². The highest BCUT2D eigenvalue weighted by molar-refractivity contribution is 5.73. The van der Waals surface area contributed by atoms with Crippen LogP contribution in [0.4, 0.5) is 0 Å². The second kappa shape index (κ2) is 3.22. The molecule has 0 aromatic heterocycles. The van der Waals surface area contributed by atoms with Gasteiger partial charge in [0.2, 0.25) is 5.91 Å². The lowest BCUT2D eigenvalue weighted by molar-refractivity contribution is -0.119. The van der Waals surface area contributed by atoms with Crippen molar-refractivity contribution in [3.63, 3.8) is 0 Å². The van der Waals surface area contributed by atoms with Crippen molar-refractivity contribution >= 4 is 5.91 Å². The van der Waals surface area contributed by atoms with Crippen LogP contribution in [0.1, 0.15) is 26.7 Å². The molecule has 1 heterocycles. The smallest absolute Gasteiger partial charge is 0.218 e. The molecule has 3 heteroatoms. The average molecular weight is 156 g/mol. The highest BCUT2D eigenvalue weighted by Gasteiger charge is 2.30. The monoisotopic (exact) mass is 156 g/mol. The highest BCUT2D eigenvalue weighted by Crippen LogP contribution is 2.24. The van der Waals surface area contributed by atoms with Gasteiger partial charge in [0.1, 0.15) is 0 Å². The summed E-state index contributed by atoms with van der Waals surface area (Å²) >= 11 is 0. The molecule has 0 bridgehead atoms. The predicted octanol–water partition coefficient (Wildman–Crippen LogP) is 0.345. The molecule has 0 aromatic rings. The van der Waals surface area contributed by atoms with Crippen LogP contribution in [0, 0.1) is 0 Å². The van der Waals surface area contributed by atoms with Gasteiger partial charge in [-0.1, -0.05) is 0 Å². The van der Waals surface area contributed by atoms with Crippen LogP contribution in [0.25, 0.3) is 0 Å². The van der Waals surface area contributed by atoms with Gasteiger partial charge in [-0.25, -0.2) is 0 Å². The van der Waals surface area contributed by atoms with Crippen molar-refractivity contribution in [2.24, 2.45) is 5.73 Å². The molecule has 2 atom stereocenters. The normalized spacial score (nSPS) is 31.5. The molecule has 1 rings (SSSR count). The first-order chi connectivity index (χ1) is 5.11. The lowest BCUT2D eigenvalue weighted by atomic mass is 9.95. The minimum atomic E-state index is -0.198. The molecule has 0 aromatic carbocycles. The number of carbonyl (C=O) groups excluding carboxylic acids is 1. The Kier molecular flexibility index (Phi) is 2.49. The maximum absolute atomic E-state index is 10.5. The van der Waals surface area contributed by atoms with Gasteiger partial charge in [0.25, 0.3) is 0 Å². The third-order valence-corrected chi connectivity index (χ3v) is 2.43. The lowest BCUT2D eigenvalue weighted by Gasteiger charge is -2.45. The molecule has 2 unspecified atom stereocenters. The molecule has 1 aliphatic rings. The van der Waals surface area contributed by atoms with Crippen molar-refractivity contribution in [3.8, 4) is 0 Å². The first-order valence-electron chi connectivity index (χ1n) is 4.15. The first kappa shape index (κ1) is 8.53. The van der Waals surface area contributed by atoms with E-state index in [1.807, 2.05) is 0 Å². The Bertz CT molecular complexity index is 150. The molecule has 2 N–H and O–H groups in total. The summed E-state index contributed by atoms with van der Waals surface area (Å²) in [7, 11) is 0.